The Hall–Kier alpha value is -2.01. The largest absolute Gasteiger partial charge is 0.378 e. The molecule has 210 valence electrons. The summed E-state index contributed by atoms with van der Waals surface area (Å²) in [7, 11) is -1.37. The molecule has 2 saturated heterocycles. The molecule has 1 N–H and O–H groups in total. The van der Waals surface area contributed by atoms with Crippen molar-refractivity contribution in [1.82, 2.24) is 24.3 Å². The molecule has 1 aromatic carbocycles. The standard InChI is InChI=1S/C28H43N5O4S/c1-31-27-11-8-22(16-23(27)17-29-31)21-6-9-25(10-7-21)37-20-24-18-33(15-12-26(24)30-38(2,35)36)28(34)19-32-13-4-3-5-14-32/h8,11,16-17,21,24-26,30H,3-7,9-10,12-15,18-20H2,1-2H3/t21?,24-,25?,26-/m0/s1. The summed E-state index contributed by atoms with van der Waals surface area (Å²) >= 11 is 0. The Kier molecular flexibility index (Phi) is 8.72. The van der Waals surface area contributed by atoms with Crippen molar-refractivity contribution in [3.8, 4) is 0 Å². The maximum atomic E-state index is 13.1. The first-order valence-corrected chi connectivity index (χ1v) is 16.1. The van der Waals surface area contributed by atoms with Crippen LogP contribution in [0.1, 0.15) is 62.8 Å². The average molecular weight is 546 g/mol. The number of aromatic nitrogens is 2. The maximum Gasteiger partial charge on any atom is 0.236 e. The van der Waals surface area contributed by atoms with Crippen molar-refractivity contribution in [2.24, 2.45) is 13.0 Å². The van der Waals surface area contributed by atoms with Crippen molar-refractivity contribution < 1.29 is 17.9 Å². The Morgan fingerprint density at radius 1 is 1.08 bits per heavy atom. The molecule has 0 spiro atoms. The molecule has 2 aliphatic heterocycles. The number of hydrogen-bond donors (Lipinski definition) is 1. The summed E-state index contributed by atoms with van der Waals surface area (Å²) in [6.07, 6.45) is 11.6. The van der Waals surface area contributed by atoms with E-state index < -0.39 is 10.0 Å². The second-order valence-electron chi connectivity index (χ2n) is 11.6. The van der Waals surface area contributed by atoms with E-state index in [1.54, 1.807) is 0 Å². The van der Waals surface area contributed by atoms with Gasteiger partial charge in [-0.05, 0) is 81.6 Å². The van der Waals surface area contributed by atoms with Gasteiger partial charge in [-0.1, -0.05) is 12.5 Å². The fourth-order valence-electron chi connectivity index (χ4n) is 6.53. The van der Waals surface area contributed by atoms with Crippen LogP contribution >= 0.6 is 0 Å². The number of likely N-dealkylation sites (tertiary alicyclic amines) is 2. The number of sulfonamides is 1. The number of aryl methyl sites for hydroxylation is 1. The third-order valence-corrected chi connectivity index (χ3v) is 9.45. The number of benzene rings is 1. The van der Waals surface area contributed by atoms with Crippen LogP contribution in [0.4, 0.5) is 0 Å². The second kappa shape index (κ2) is 12.0. The first-order valence-electron chi connectivity index (χ1n) is 14.3. The number of hydrogen-bond acceptors (Lipinski definition) is 6. The summed E-state index contributed by atoms with van der Waals surface area (Å²) in [5.74, 6) is 0.631. The van der Waals surface area contributed by atoms with Crippen molar-refractivity contribution in [1.29, 1.82) is 0 Å². The first-order chi connectivity index (χ1) is 18.2. The van der Waals surface area contributed by atoms with E-state index in [9.17, 15) is 13.2 Å². The molecule has 9 nitrogen and oxygen atoms in total. The fraction of sp³-hybridized carbons (Fsp3) is 0.714. The van der Waals surface area contributed by atoms with E-state index in [2.05, 4.69) is 32.9 Å². The molecule has 10 heteroatoms. The van der Waals surface area contributed by atoms with Crippen molar-refractivity contribution in [2.75, 3.05) is 45.6 Å². The number of amides is 1. The van der Waals surface area contributed by atoms with Crippen molar-refractivity contribution >= 4 is 26.8 Å². The van der Waals surface area contributed by atoms with Crippen LogP contribution in [-0.2, 0) is 26.6 Å². The Morgan fingerprint density at radius 2 is 1.84 bits per heavy atom. The third kappa shape index (κ3) is 6.94. The molecular weight excluding hydrogens is 502 g/mol. The number of piperidine rings is 2. The van der Waals surface area contributed by atoms with Crippen molar-refractivity contribution in [3.05, 3.63) is 30.0 Å². The Bertz CT molecular complexity index is 1200. The average Bonchev–Trinajstić information content (AvgIpc) is 3.28. The molecule has 0 unspecified atom stereocenters. The van der Waals surface area contributed by atoms with Crippen LogP contribution < -0.4 is 4.72 Å². The van der Waals surface area contributed by atoms with Gasteiger partial charge in [-0.15, -0.1) is 0 Å². The predicted octanol–water partition coefficient (Wildman–Crippen LogP) is 2.87. The minimum Gasteiger partial charge on any atom is -0.378 e. The molecule has 0 bridgehead atoms. The molecule has 2 atom stereocenters. The van der Waals surface area contributed by atoms with E-state index >= 15 is 0 Å². The van der Waals surface area contributed by atoms with Crippen LogP contribution in [0.3, 0.4) is 0 Å². The minimum atomic E-state index is -3.34. The summed E-state index contributed by atoms with van der Waals surface area (Å²) in [5.41, 5.74) is 2.52. The lowest BCUT2D eigenvalue weighted by Gasteiger charge is -2.40. The molecule has 1 saturated carbocycles. The quantitative estimate of drug-likeness (QED) is 0.548. The third-order valence-electron chi connectivity index (χ3n) is 8.72. The number of rotatable bonds is 8. The van der Waals surface area contributed by atoms with Gasteiger partial charge in [-0.25, -0.2) is 13.1 Å². The van der Waals surface area contributed by atoms with Gasteiger partial charge in [0.05, 0.1) is 37.2 Å². The van der Waals surface area contributed by atoms with Crippen LogP contribution in [0.25, 0.3) is 10.9 Å². The zero-order valence-electron chi connectivity index (χ0n) is 22.8. The summed E-state index contributed by atoms with van der Waals surface area (Å²) in [6.45, 7) is 4.04. The summed E-state index contributed by atoms with van der Waals surface area (Å²) in [4.78, 5) is 17.2. The van der Waals surface area contributed by atoms with Crippen LogP contribution in [-0.4, -0.2) is 91.6 Å². The van der Waals surface area contributed by atoms with Gasteiger partial charge in [0, 0.05) is 37.5 Å². The van der Waals surface area contributed by atoms with E-state index in [1.807, 2.05) is 22.8 Å². The Morgan fingerprint density at radius 3 is 2.58 bits per heavy atom. The summed E-state index contributed by atoms with van der Waals surface area (Å²) in [6, 6.07) is 6.46. The summed E-state index contributed by atoms with van der Waals surface area (Å²) < 4.78 is 35.2. The molecule has 2 aromatic rings. The minimum absolute atomic E-state index is 0.0468. The lowest BCUT2D eigenvalue weighted by Crippen LogP contribution is -2.55. The lowest BCUT2D eigenvalue weighted by molar-refractivity contribution is -0.135. The highest BCUT2D eigenvalue weighted by molar-refractivity contribution is 7.88. The zero-order valence-corrected chi connectivity index (χ0v) is 23.7. The van der Waals surface area contributed by atoms with Gasteiger partial charge in [0.15, 0.2) is 0 Å². The molecular formula is C28H43N5O4S. The molecule has 3 aliphatic rings. The van der Waals surface area contributed by atoms with Gasteiger partial charge in [0.1, 0.15) is 0 Å². The van der Waals surface area contributed by atoms with E-state index in [1.165, 1.54) is 23.6 Å². The molecule has 0 radical (unpaired) electrons. The Balaban J connectivity index is 1.15. The number of nitrogens with one attached hydrogen (secondary N) is 1. The molecule has 1 aliphatic carbocycles. The molecule has 1 aromatic heterocycles. The van der Waals surface area contributed by atoms with Crippen molar-refractivity contribution in [3.63, 3.8) is 0 Å². The number of carbonyl (C=O) groups excluding carboxylic acids is 1. The van der Waals surface area contributed by atoms with Gasteiger partial charge in [0.25, 0.3) is 0 Å². The van der Waals surface area contributed by atoms with Gasteiger partial charge in [0.2, 0.25) is 15.9 Å². The van der Waals surface area contributed by atoms with Gasteiger partial charge < -0.3 is 9.64 Å². The molecule has 5 rings (SSSR count). The highest BCUT2D eigenvalue weighted by Crippen LogP contribution is 2.35. The number of fused-ring (bicyclic) bond motifs is 1. The van der Waals surface area contributed by atoms with E-state index in [0.29, 0.717) is 38.6 Å². The molecule has 38 heavy (non-hydrogen) atoms. The molecule has 1 amide bonds. The van der Waals surface area contributed by atoms with Crippen LogP contribution in [0.5, 0.6) is 0 Å². The van der Waals surface area contributed by atoms with Gasteiger partial charge >= 0.3 is 0 Å². The topological polar surface area (TPSA) is 96.8 Å². The number of nitrogens with zero attached hydrogens (tertiary/aromatic N) is 4. The maximum absolute atomic E-state index is 13.1. The normalized spacial score (nSPS) is 27.6. The summed E-state index contributed by atoms with van der Waals surface area (Å²) in [5, 5.41) is 5.55. The van der Waals surface area contributed by atoms with E-state index in [4.69, 9.17) is 4.74 Å². The predicted molar refractivity (Wildman–Crippen MR) is 148 cm³/mol. The zero-order chi connectivity index (χ0) is 26.7. The monoisotopic (exact) mass is 545 g/mol. The number of ether oxygens (including phenoxy) is 1. The van der Waals surface area contributed by atoms with Crippen LogP contribution in [0.2, 0.25) is 0 Å². The lowest BCUT2D eigenvalue weighted by atomic mass is 9.82. The smallest absolute Gasteiger partial charge is 0.236 e. The fourth-order valence-corrected chi connectivity index (χ4v) is 7.39. The van der Waals surface area contributed by atoms with Crippen molar-refractivity contribution in [2.45, 2.75) is 69.4 Å². The van der Waals surface area contributed by atoms with Gasteiger partial charge in [-0.2, -0.15) is 5.10 Å². The molecule has 3 fully saturated rings. The SMILES string of the molecule is Cn1ncc2cc(C3CCC(OC[C@@H]4CN(C(=O)CN5CCCCC5)CC[C@@H]4NS(C)(=O)=O)CC3)ccc21. The first kappa shape index (κ1) is 27.6. The highest BCUT2D eigenvalue weighted by atomic mass is 32.2. The van der Waals surface area contributed by atoms with Gasteiger partial charge in [-0.3, -0.25) is 14.4 Å². The number of carbonyl (C=O) groups is 1. The van der Waals surface area contributed by atoms with Crippen LogP contribution in [0, 0.1) is 5.92 Å². The highest BCUT2D eigenvalue weighted by Gasteiger charge is 2.35. The second-order valence-corrected chi connectivity index (χ2v) is 13.4. The van der Waals surface area contributed by atoms with E-state index in [-0.39, 0.29) is 24.0 Å². The van der Waals surface area contributed by atoms with Crippen LogP contribution in [0.15, 0.2) is 24.4 Å². The van der Waals surface area contributed by atoms with E-state index in [0.717, 1.165) is 57.1 Å². The Labute approximate surface area is 226 Å². The molecule has 3 heterocycles.